The first-order chi connectivity index (χ1) is 9.82. The maximum Gasteiger partial charge on any atom is 0.340 e. The fraction of sp³-hybridized carbons (Fsp3) is 0.588. The van der Waals surface area contributed by atoms with Crippen molar-refractivity contribution in [1.29, 1.82) is 0 Å². The van der Waals surface area contributed by atoms with Crippen LogP contribution in [0.4, 0.5) is 5.69 Å². The van der Waals surface area contributed by atoms with Gasteiger partial charge in [0.25, 0.3) is 0 Å². The number of carbonyl (C=O) groups excluding carboxylic acids is 1. The van der Waals surface area contributed by atoms with Crippen molar-refractivity contribution < 1.29 is 14.3 Å². The van der Waals surface area contributed by atoms with Gasteiger partial charge in [0.2, 0.25) is 0 Å². The fourth-order valence-corrected chi connectivity index (χ4v) is 3.46. The third kappa shape index (κ3) is 3.69. The molecule has 1 aliphatic carbocycles. The van der Waals surface area contributed by atoms with Gasteiger partial charge in [0, 0.05) is 0 Å². The van der Waals surface area contributed by atoms with Crippen LogP contribution < -0.4 is 10.5 Å². The van der Waals surface area contributed by atoms with Crippen molar-refractivity contribution in [2.75, 3.05) is 12.8 Å². The highest BCUT2D eigenvalue weighted by Gasteiger charge is 2.34. The quantitative estimate of drug-likeness (QED) is 0.682. The average Bonchev–Trinajstić information content (AvgIpc) is 2.36. The molecule has 4 heteroatoms. The van der Waals surface area contributed by atoms with E-state index in [-0.39, 0.29) is 17.5 Å². The van der Waals surface area contributed by atoms with Crippen molar-refractivity contribution in [3.05, 3.63) is 23.8 Å². The van der Waals surface area contributed by atoms with Crippen molar-refractivity contribution in [3.8, 4) is 5.75 Å². The van der Waals surface area contributed by atoms with Crippen LogP contribution in [0.15, 0.2) is 18.2 Å². The highest BCUT2D eigenvalue weighted by Crippen LogP contribution is 2.40. The summed E-state index contributed by atoms with van der Waals surface area (Å²) in [6.07, 6.45) is 2.94. The Morgan fingerprint density at radius 1 is 1.33 bits per heavy atom. The van der Waals surface area contributed by atoms with Gasteiger partial charge in [0.1, 0.15) is 11.9 Å². The summed E-state index contributed by atoms with van der Waals surface area (Å²) in [5.41, 5.74) is 6.89. The summed E-state index contributed by atoms with van der Waals surface area (Å²) >= 11 is 0. The number of anilines is 1. The predicted molar refractivity (Wildman–Crippen MR) is 83.4 cm³/mol. The molecule has 116 valence electrons. The molecular formula is C17H25NO3. The number of benzene rings is 1. The molecule has 2 atom stereocenters. The molecule has 0 bridgehead atoms. The van der Waals surface area contributed by atoms with Crippen LogP contribution in [0.2, 0.25) is 0 Å². The van der Waals surface area contributed by atoms with E-state index in [1.165, 1.54) is 13.5 Å². The molecule has 2 rings (SSSR count). The lowest BCUT2D eigenvalue weighted by molar-refractivity contribution is -0.00706. The Morgan fingerprint density at radius 3 is 2.67 bits per heavy atom. The minimum Gasteiger partial charge on any atom is -0.495 e. The maximum absolute atomic E-state index is 12.4. The van der Waals surface area contributed by atoms with Crippen molar-refractivity contribution in [3.63, 3.8) is 0 Å². The molecule has 0 radical (unpaired) electrons. The number of carbonyl (C=O) groups is 1. The van der Waals surface area contributed by atoms with E-state index in [1.807, 2.05) is 0 Å². The standard InChI is InChI=1S/C17H25NO3/c1-11-8-12(10-17(2,3)9-11)21-16(19)13-6-5-7-14(20-4)15(13)18/h5-7,11-12H,8-10,18H2,1-4H3. The Balaban J connectivity index is 2.11. The van der Waals surface area contributed by atoms with Gasteiger partial charge >= 0.3 is 5.97 Å². The summed E-state index contributed by atoms with van der Waals surface area (Å²) in [5.74, 6) is 0.706. The number of esters is 1. The van der Waals surface area contributed by atoms with E-state index in [0.717, 1.165) is 12.8 Å². The second-order valence-corrected chi connectivity index (χ2v) is 6.86. The molecule has 0 spiro atoms. The van der Waals surface area contributed by atoms with Crippen LogP contribution in [0.1, 0.15) is 50.4 Å². The van der Waals surface area contributed by atoms with Gasteiger partial charge in [-0.3, -0.25) is 0 Å². The predicted octanol–water partition coefficient (Wildman–Crippen LogP) is 3.65. The van der Waals surface area contributed by atoms with E-state index in [4.69, 9.17) is 15.2 Å². The van der Waals surface area contributed by atoms with Gasteiger partial charge in [-0.1, -0.05) is 26.8 Å². The van der Waals surface area contributed by atoms with Crippen LogP contribution in [0.5, 0.6) is 5.75 Å². The number of ether oxygens (including phenoxy) is 2. The summed E-state index contributed by atoms with van der Waals surface area (Å²) in [5, 5.41) is 0. The molecule has 0 heterocycles. The molecule has 1 aromatic carbocycles. The van der Waals surface area contributed by atoms with Gasteiger partial charge in [0.15, 0.2) is 0 Å². The smallest absolute Gasteiger partial charge is 0.340 e. The number of hydrogen-bond acceptors (Lipinski definition) is 4. The van der Waals surface area contributed by atoms with Gasteiger partial charge in [-0.25, -0.2) is 4.79 Å². The van der Waals surface area contributed by atoms with E-state index >= 15 is 0 Å². The lowest BCUT2D eigenvalue weighted by Crippen LogP contribution is -2.34. The highest BCUT2D eigenvalue weighted by molar-refractivity contribution is 5.96. The molecule has 0 amide bonds. The first-order valence-electron chi connectivity index (χ1n) is 7.46. The minimum atomic E-state index is -0.360. The maximum atomic E-state index is 12.4. The van der Waals surface area contributed by atoms with Gasteiger partial charge in [0.05, 0.1) is 18.4 Å². The van der Waals surface area contributed by atoms with Gasteiger partial charge < -0.3 is 15.2 Å². The molecule has 1 saturated carbocycles. The molecule has 1 fully saturated rings. The molecule has 4 nitrogen and oxygen atoms in total. The number of para-hydroxylation sites is 1. The molecule has 1 aromatic rings. The third-order valence-electron chi connectivity index (χ3n) is 4.13. The second-order valence-electron chi connectivity index (χ2n) is 6.86. The Bertz CT molecular complexity index is 525. The van der Waals surface area contributed by atoms with E-state index in [2.05, 4.69) is 20.8 Å². The fourth-order valence-electron chi connectivity index (χ4n) is 3.46. The molecule has 21 heavy (non-hydrogen) atoms. The Morgan fingerprint density at radius 2 is 2.05 bits per heavy atom. The first kappa shape index (κ1) is 15.7. The largest absolute Gasteiger partial charge is 0.495 e. The summed E-state index contributed by atoms with van der Waals surface area (Å²) in [6, 6.07) is 5.16. The molecule has 1 aliphatic rings. The van der Waals surface area contributed by atoms with Gasteiger partial charge in [-0.2, -0.15) is 0 Å². The van der Waals surface area contributed by atoms with Crippen molar-refractivity contribution >= 4 is 11.7 Å². The Kier molecular flexibility index (Phi) is 4.45. The third-order valence-corrected chi connectivity index (χ3v) is 4.13. The molecule has 0 aliphatic heterocycles. The second kappa shape index (κ2) is 5.96. The molecule has 2 N–H and O–H groups in total. The summed E-state index contributed by atoms with van der Waals surface area (Å²) in [4.78, 5) is 12.4. The number of nitrogens with two attached hydrogens (primary N) is 1. The lowest BCUT2D eigenvalue weighted by Gasteiger charge is -2.38. The summed E-state index contributed by atoms with van der Waals surface area (Å²) in [6.45, 7) is 6.66. The van der Waals surface area contributed by atoms with Crippen LogP contribution >= 0.6 is 0 Å². The number of hydrogen-bond donors (Lipinski definition) is 1. The topological polar surface area (TPSA) is 61.5 Å². The average molecular weight is 291 g/mol. The van der Waals surface area contributed by atoms with Crippen LogP contribution in [0.25, 0.3) is 0 Å². The summed E-state index contributed by atoms with van der Waals surface area (Å²) < 4.78 is 10.8. The van der Waals surface area contributed by atoms with Crippen LogP contribution in [0.3, 0.4) is 0 Å². The SMILES string of the molecule is COc1cccc(C(=O)OC2CC(C)CC(C)(C)C2)c1N. The number of nitrogen functional groups attached to an aromatic ring is 1. The number of methoxy groups -OCH3 is 1. The van der Waals surface area contributed by atoms with E-state index in [9.17, 15) is 4.79 Å². The molecular weight excluding hydrogens is 266 g/mol. The van der Waals surface area contributed by atoms with Crippen LogP contribution in [-0.4, -0.2) is 19.2 Å². The van der Waals surface area contributed by atoms with Crippen LogP contribution in [-0.2, 0) is 4.74 Å². The zero-order valence-corrected chi connectivity index (χ0v) is 13.3. The monoisotopic (exact) mass is 291 g/mol. The zero-order valence-electron chi connectivity index (χ0n) is 13.3. The highest BCUT2D eigenvalue weighted by atomic mass is 16.5. The van der Waals surface area contributed by atoms with Crippen molar-refractivity contribution in [1.82, 2.24) is 0 Å². The number of rotatable bonds is 3. The van der Waals surface area contributed by atoms with E-state index < -0.39 is 0 Å². The van der Waals surface area contributed by atoms with Gasteiger partial charge in [-0.15, -0.1) is 0 Å². The molecule has 2 unspecified atom stereocenters. The zero-order chi connectivity index (χ0) is 15.6. The normalized spacial score (nSPS) is 24.4. The Hall–Kier alpha value is -1.71. The Labute approximate surface area is 126 Å². The first-order valence-corrected chi connectivity index (χ1v) is 7.46. The van der Waals surface area contributed by atoms with Crippen molar-refractivity contribution in [2.24, 2.45) is 11.3 Å². The van der Waals surface area contributed by atoms with E-state index in [0.29, 0.717) is 22.9 Å². The molecule has 0 saturated heterocycles. The van der Waals surface area contributed by atoms with Crippen molar-refractivity contribution in [2.45, 2.75) is 46.1 Å². The molecule has 0 aromatic heterocycles. The van der Waals surface area contributed by atoms with Gasteiger partial charge in [-0.05, 0) is 42.7 Å². The minimum absolute atomic E-state index is 0.0400. The lowest BCUT2D eigenvalue weighted by atomic mass is 9.71. The summed E-state index contributed by atoms with van der Waals surface area (Å²) in [7, 11) is 1.53. The van der Waals surface area contributed by atoms with Crippen LogP contribution in [0, 0.1) is 11.3 Å². The van der Waals surface area contributed by atoms with E-state index in [1.54, 1.807) is 18.2 Å².